The zero-order valence-corrected chi connectivity index (χ0v) is 13.5. The molecule has 108 valence electrons. The van der Waals surface area contributed by atoms with Crippen LogP contribution in [0.1, 0.15) is 51.5 Å². The van der Waals surface area contributed by atoms with E-state index in [1.807, 2.05) is 11.3 Å². The molecule has 1 saturated heterocycles. The molecule has 4 unspecified atom stereocenters. The smallest absolute Gasteiger partial charge is 0.0442 e. The van der Waals surface area contributed by atoms with Crippen LogP contribution in [0.5, 0.6) is 0 Å². The molecular weight excluding hydrogens is 252 g/mol. The number of hydrogen-bond acceptors (Lipinski definition) is 3. The molecule has 2 nitrogen and oxygen atoms in total. The average molecular weight is 280 g/mol. The predicted molar refractivity (Wildman–Crippen MR) is 84.8 cm³/mol. The fraction of sp³-hybridized carbons (Fsp3) is 0.750. The lowest BCUT2D eigenvalue weighted by Gasteiger charge is -2.44. The van der Waals surface area contributed by atoms with Crippen LogP contribution >= 0.6 is 11.3 Å². The van der Waals surface area contributed by atoms with Gasteiger partial charge in [0.05, 0.1) is 0 Å². The van der Waals surface area contributed by atoms with Gasteiger partial charge in [0.15, 0.2) is 0 Å². The van der Waals surface area contributed by atoms with E-state index < -0.39 is 0 Å². The Balaban J connectivity index is 2.11. The Morgan fingerprint density at radius 2 is 2.21 bits per heavy atom. The summed E-state index contributed by atoms with van der Waals surface area (Å²) in [5, 5.41) is 5.94. The van der Waals surface area contributed by atoms with E-state index in [-0.39, 0.29) is 0 Å². The van der Waals surface area contributed by atoms with Gasteiger partial charge in [0.2, 0.25) is 0 Å². The van der Waals surface area contributed by atoms with Gasteiger partial charge in [-0.25, -0.2) is 0 Å². The summed E-state index contributed by atoms with van der Waals surface area (Å²) in [6.07, 6.45) is 2.47. The van der Waals surface area contributed by atoms with E-state index in [0.717, 1.165) is 12.5 Å². The summed E-state index contributed by atoms with van der Waals surface area (Å²) in [5.74, 6) is 0.760. The third-order valence-electron chi connectivity index (χ3n) is 4.64. The second kappa shape index (κ2) is 6.87. The highest BCUT2D eigenvalue weighted by Gasteiger charge is 2.32. The lowest BCUT2D eigenvalue weighted by atomic mass is 9.94. The lowest BCUT2D eigenvalue weighted by molar-refractivity contribution is 0.0738. The van der Waals surface area contributed by atoms with E-state index in [2.05, 4.69) is 55.4 Å². The summed E-state index contributed by atoms with van der Waals surface area (Å²) in [5.41, 5.74) is 0. The number of piperazine rings is 1. The van der Waals surface area contributed by atoms with Crippen molar-refractivity contribution in [2.45, 2.75) is 58.7 Å². The van der Waals surface area contributed by atoms with Crippen molar-refractivity contribution in [2.24, 2.45) is 5.92 Å². The summed E-state index contributed by atoms with van der Waals surface area (Å²) in [6, 6.07) is 6.36. The van der Waals surface area contributed by atoms with E-state index in [9.17, 15) is 0 Å². The standard InChI is InChI=1S/C16H28N2S/c1-5-12(3)14-11-18(13(4)10-17-14)15(6-2)16-8-7-9-19-16/h7-9,12-15,17H,5-6,10-11H2,1-4H3. The number of nitrogens with one attached hydrogen (secondary N) is 1. The van der Waals surface area contributed by atoms with Crippen molar-refractivity contribution in [1.82, 2.24) is 10.2 Å². The van der Waals surface area contributed by atoms with Crippen LogP contribution in [-0.2, 0) is 0 Å². The molecule has 0 bridgehead atoms. The largest absolute Gasteiger partial charge is 0.311 e. The van der Waals surface area contributed by atoms with Gasteiger partial charge in [-0.15, -0.1) is 11.3 Å². The molecule has 0 radical (unpaired) electrons. The normalized spacial score (nSPS) is 28.2. The van der Waals surface area contributed by atoms with Crippen LogP contribution in [0.4, 0.5) is 0 Å². The highest BCUT2D eigenvalue weighted by Crippen LogP contribution is 2.31. The van der Waals surface area contributed by atoms with Crippen LogP contribution in [0.15, 0.2) is 17.5 Å². The van der Waals surface area contributed by atoms with Crippen LogP contribution in [0.25, 0.3) is 0 Å². The van der Waals surface area contributed by atoms with Gasteiger partial charge in [-0.2, -0.15) is 0 Å². The first-order valence-electron chi connectivity index (χ1n) is 7.69. The highest BCUT2D eigenvalue weighted by atomic mass is 32.1. The van der Waals surface area contributed by atoms with Gasteiger partial charge in [-0.1, -0.05) is 33.3 Å². The molecule has 0 aromatic carbocycles. The molecular formula is C16H28N2S. The van der Waals surface area contributed by atoms with Crippen molar-refractivity contribution in [1.29, 1.82) is 0 Å². The number of nitrogens with zero attached hydrogens (tertiary/aromatic N) is 1. The van der Waals surface area contributed by atoms with Gasteiger partial charge in [0, 0.05) is 36.1 Å². The average Bonchev–Trinajstić information content (AvgIpc) is 2.94. The Labute approximate surface area is 122 Å². The molecule has 1 aliphatic rings. The Bertz CT molecular complexity index is 363. The van der Waals surface area contributed by atoms with Crippen LogP contribution in [-0.4, -0.2) is 30.1 Å². The zero-order chi connectivity index (χ0) is 13.8. The second-order valence-corrected chi connectivity index (χ2v) is 6.86. The monoisotopic (exact) mass is 280 g/mol. The molecule has 4 atom stereocenters. The Morgan fingerprint density at radius 3 is 2.79 bits per heavy atom. The summed E-state index contributed by atoms with van der Waals surface area (Å²) in [6.45, 7) is 11.7. The summed E-state index contributed by atoms with van der Waals surface area (Å²) < 4.78 is 0. The van der Waals surface area contributed by atoms with Crippen LogP contribution < -0.4 is 5.32 Å². The molecule has 0 spiro atoms. The summed E-state index contributed by atoms with van der Waals surface area (Å²) >= 11 is 1.90. The second-order valence-electron chi connectivity index (χ2n) is 5.89. The minimum Gasteiger partial charge on any atom is -0.311 e. The Morgan fingerprint density at radius 1 is 1.42 bits per heavy atom. The third kappa shape index (κ3) is 3.39. The number of thiophene rings is 1. The third-order valence-corrected chi connectivity index (χ3v) is 5.61. The van der Waals surface area contributed by atoms with Crippen molar-refractivity contribution in [3.63, 3.8) is 0 Å². The van der Waals surface area contributed by atoms with Gasteiger partial charge in [-0.05, 0) is 30.7 Å². The quantitative estimate of drug-likeness (QED) is 0.880. The zero-order valence-electron chi connectivity index (χ0n) is 12.7. The van der Waals surface area contributed by atoms with Crippen LogP contribution in [0.2, 0.25) is 0 Å². The van der Waals surface area contributed by atoms with Crippen molar-refractivity contribution in [3.8, 4) is 0 Å². The van der Waals surface area contributed by atoms with Crippen molar-refractivity contribution in [2.75, 3.05) is 13.1 Å². The maximum Gasteiger partial charge on any atom is 0.0442 e. The van der Waals surface area contributed by atoms with Gasteiger partial charge in [-0.3, -0.25) is 4.90 Å². The van der Waals surface area contributed by atoms with Gasteiger partial charge in [0.1, 0.15) is 0 Å². The van der Waals surface area contributed by atoms with Crippen LogP contribution in [0, 0.1) is 5.92 Å². The molecule has 2 heterocycles. The predicted octanol–water partition coefficient (Wildman–Crippen LogP) is 3.91. The minimum atomic E-state index is 0.601. The summed E-state index contributed by atoms with van der Waals surface area (Å²) in [4.78, 5) is 4.25. The maximum atomic E-state index is 3.74. The lowest BCUT2D eigenvalue weighted by Crippen LogP contribution is -2.58. The molecule has 0 aliphatic carbocycles. The topological polar surface area (TPSA) is 15.3 Å². The molecule has 3 heteroatoms. The molecule has 1 fully saturated rings. The Kier molecular flexibility index (Phi) is 5.43. The molecule has 1 aromatic heterocycles. The van der Waals surface area contributed by atoms with Crippen molar-refractivity contribution >= 4 is 11.3 Å². The van der Waals surface area contributed by atoms with E-state index >= 15 is 0 Å². The maximum absolute atomic E-state index is 3.74. The van der Waals surface area contributed by atoms with Gasteiger partial charge >= 0.3 is 0 Å². The first-order chi connectivity index (χ1) is 9.17. The van der Waals surface area contributed by atoms with Crippen molar-refractivity contribution < 1.29 is 0 Å². The van der Waals surface area contributed by atoms with E-state index in [4.69, 9.17) is 0 Å². The van der Waals surface area contributed by atoms with Crippen LogP contribution in [0.3, 0.4) is 0 Å². The molecule has 0 saturated carbocycles. The SMILES string of the molecule is CCC(C)C1CN(C(CC)c2cccs2)C(C)CN1. The Hall–Kier alpha value is -0.380. The first kappa shape index (κ1) is 15.0. The molecule has 2 rings (SSSR count). The number of rotatable bonds is 5. The molecule has 19 heavy (non-hydrogen) atoms. The minimum absolute atomic E-state index is 0.601. The molecule has 0 amide bonds. The highest BCUT2D eigenvalue weighted by molar-refractivity contribution is 7.10. The van der Waals surface area contributed by atoms with Gasteiger partial charge in [0.25, 0.3) is 0 Å². The molecule has 1 aromatic rings. The first-order valence-corrected chi connectivity index (χ1v) is 8.57. The van der Waals surface area contributed by atoms with E-state index in [1.165, 1.54) is 24.3 Å². The van der Waals surface area contributed by atoms with E-state index in [0.29, 0.717) is 18.1 Å². The molecule has 1 N–H and O–H groups in total. The number of hydrogen-bond donors (Lipinski definition) is 1. The fourth-order valence-corrected chi connectivity index (χ4v) is 4.02. The van der Waals surface area contributed by atoms with E-state index in [1.54, 1.807) is 0 Å². The van der Waals surface area contributed by atoms with Gasteiger partial charge < -0.3 is 5.32 Å². The van der Waals surface area contributed by atoms with Crippen molar-refractivity contribution in [3.05, 3.63) is 22.4 Å². The fourth-order valence-electron chi connectivity index (χ4n) is 3.09. The molecule has 1 aliphatic heterocycles. The summed E-state index contributed by atoms with van der Waals surface area (Å²) in [7, 11) is 0.